The van der Waals surface area contributed by atoms with Crippen LogP contribution < -0.4 is 9.47 Å². The Bertz CT molecular complexity index is 1160. The van der Waals surface area contributed by atoms with Crippen LogP contribution in [0.4, 0.5) is 0 Å². The Labute approximate surface area is 225 Å². The van der Waals surface area contributed by atoms with Gasteiger partial charge < -0.3 is 14.4 Å². The zero-order chi connectivity index (χ0) is 26.2. The summed E-state index contributed by atoms with van der Waals surface area (Å²) in [6.07, 6.45) is 9.67. The van der Waals surface area contributed by atoms with Crippen LogP contribution in [0.2, 0.25) is 0 Å². The molecule has 0 N–H and O–H groups in total. The molecule has 38 heavy (non-hydrogen) atoms. The first-order valence-corrected chi connectivity index (χ1v) is 13.8. The van der Waals surface area contributed by atoms with Crippen LogP contribution in [0.5, 0.6) is 11.5 Å². The van der Waals surface area contributed by atoms with Gasteiger partial charge in [0.15, 0.2) is 0 Å². The fraction of sp³-hybridized carbons (Fsp3) is 0.500. The lowest BCUT2D eigenvalue weighted by molar-refractivity contribution is -0.134. The number of fused-ring (bicyclic) bond motifs is 1. The average molecular weight is 518 g/mol. The fourth-order valence-electron chi connectivity index (χ4n) is 5.90. The van der Waals surface area contributed by atoms with Crippen LogP contribution in [0.1, 0.15) is 43.2 Å². The van der Waals surface area contributed by atoms with Crippen molar-refractivity contribution in [1.29, 1.82) is 0 Å². The lowest BCUT2D eigenvalue weighted by atomic mass is 9.73. The minimum atomic E-state index is 0.124. The molecule has 1 amide bonds. The SMILES string of the molecule is COc1ccc(CN2CCOc3ccccc3CCCCC3(CCN(C(=O)Cn4cncn4)CC3)C2)cc1. The molecule has 0 bridgehead atoms. The average Bonchev–Trinajstić information content (AvgIpc) is 3.45. The van der Waals surface area contributed by atoms with Gasteiger partial charge in [-0.2, -0.15) is 5.10 Å². The summed E-state index contributed by atoms with van der Waals surface area (Å²) in [5, 5.41) is 4.10. The van der Waals surface area contributed by atoms with Crippen molar-refractivity contribution >= 4 is 5.91 Å². The lowest BCUT2D eigenvalue weighted by Gasteiger charge is -2.45. The summed E-state index contributed by atoms with van der Waals surface area (Å²) in [7, 11) is 1.70. The van der Waals surface area contributed by atoms with Gasteiger partial charge in [-0.15, -0.1) is 0 Å². The van der Waals surface area contributed by atoms with E-state index in [0.29, 0.717) is 6.61 Å². The Hall–Kier alpha value is -3.39. The predicted molar refractivity (Wildman–Crippen MR) is 146 cm³/mol. The van der Waals surface area contributed by atoms with Crippen LogP contribution in [0.25, 0.3) is 0 Å². The number of aryl methyl sites for hydroxylation is 1. The number of piperidine rings is 1. The second-order valence-electron chi connectivity index (χ2n) is 10.7. The monoisotopic (exact) mass is 517 g/mol. The van der Waals surface area contributed by atoms with Crippen molar-refractivity contribution in [2.75, 3.05) is 39.9 Å². The summed E-state index contributed by atoms with van der Waals surface area (Å²) in [6, 6.07) is 16.9. The summed E-state index contributed by atoms with van der Waals surface area (Å²) in [5.74, 6) is 2.02. The topological polar surface area (TPSA) is 72.7 Å². The molecule has 3 aromatic rings. The molecule has 0 unspecified atom stereocenters. The number of hydrogen-bond acceptors (Lipinski definition) is 6. The number of carbonyl (C=O) groups is 1. The quantitative estimate of drug-likeness (QED) is 0.505. The highest BCUT2D eigenvalue weighted by Gasteiger charge is 2.37. The van der Waals surface area contributed by atoms with Gasteiger partial charge in [0, 0.05) is 32.7 Å². The number of ether oxygens (including phenoxy) is 2. The van der Waals surface area contributed by atoms with Gasteiger partial charge in [-0.05, 0) is 66.8 Å². The van der Waals surface area contributed by atoms with E-state index in [9.17, 15) is 4.79 Å². The maximum absolute atomic E-state index is 12.9. The van der Waals surface area contributed by atoms with Crippen LogP contribution in [-0.4, -0.2) is 70.4 Å². The molecule has 1 aromatic heterocycles. The minimum Gasteiger partial charge on any atom is -0.497 e. The summed E-state index contributed by atoms with van der Waals surface area (Å²) in [6.45, 7) is 5.24. The Kier molecular flexibility index (Phi) is 8.58. The zero-order valence-corrected chi connectivity index (χ0v) is 22.4. The molecule has 5 rings (SSSR count). The smallest absolute Gasteiger partial charge is 0.244 e. The van der Waals surface area contributed by atoms with Gasteiger partial charge in [0.1, 0.15) is 37.3 Å². The number of carbonyl (C=O) groups excluding carboxylic acids is 1. The lowest BCUT2D eigenvalue weighted by Crippen LogP contribution is -2.49. The first-order valence-electron chi connectivity index (χ1n) is 13.8. The molecule has 1 fully saturated rings. The van der Waals surface area contributed by atoms with Gasteiger partial charge in [-0.3, -0.25) is 9.69 Å². The molecule has 0 saturated carbocycles. The highest BCUT2D eigenvalue weighted by atomic mass is 16.5. The molecule has 3 heterocycles. The maximum atomic E-state index is 12.9. The molecule has 8 heteroatoms. The largest absolute Gasteiger partial charge is 0.497 e. The second-order valence-corrected chi connectivity index (χ2v) is 10.7. The third-order valence-electron chi connectivity index (χ3n) is 8.11. The van der Waals surface area contributed by atoms with E-state index in [1.807, 2.05) is 17.0 Å². The van der Waals surface area contributed by atoms with Crippen molar-refractivity contribution in [3.8, 4) is 11.5 Å². The van der Waals surface area contributed by atoms with E-state index in [-0.39, 0.29) is 17.9 Å². The molecule has 1 spiro atoms. The van der Waals surface area contributed by atoms with E-state index in [4.69, 9.17) is 9.47 Å². The molecular formula is C30H39N5O3. The van der Waals surface area contributed by atoms with E-state index < -0.39 is 0 Å². The highest BCUT2D eigenvalue weighted by Crippen LogP contribution is 2.39. The molecule has 8 nitrogen and oxygen atoms in total. The summed E-state index contributed by atoms with van der Waals surface area (Å²) < 4.78 is 13.3. The van der Waals surface area contributed by atoms with Crippen molar-refractivity contribution in [2.45, 2.75) is 51.6 Å². The van der Waals surface area contributed by atoms with Crippen molar-refractivity contribution in [3.05, 3.63) is 72.3 Å². The number of para-hydroxylation sites is 1. The Morgan fingerprint density at radius 3 is 2.61 bits per heavy atom. The number of benzene rings is 2. The minimum absolute atomic E-state index is 0.124. The standard InChI is InChI=1S/C30H39N5O3/c1-37-27-11-9-25(10-12-27)20-33-18-19-38-28-8-3-2-6-26(28)7-4-5-13-30(22-33)14-16-34(17-15-30)29(36)21-35-24-31-23-32-35/h2-3,6,8-12,23-24H,4-5,7,13-22H2,1H3. The predicted octanol–water partition coefficient (Wildman–Crippen LogP) is 4.20. The van der Waals surface area contributed by atoms with E-state index >= 15 is 0 Å². The number of rotatable bonds is 5. The van der Waals surface area contributed by atoms with Gasteiger partial charge in [-0.25, -0.2) is 9.67 Å². The Morgan fingerprint density at radius 2 is 1.84 bits per heavy atom. The number of methoxy groups -OCH3 is 1. The van der Waals surface area contributed by atoms with Gasteiger partial charge in [0.05, 0.1) is 7.11 Å². The molecule has 0 aliphatic carbocycles. The zero-order valence-electron chi connectivity index (χ0n) is 22.4. The first-order chi connectivity index (χ1) is 18.6. The van der Waals surface area contributed by atoms with Gasteiger partial charge in [0.2, 0.25) is 5.91 Å². The van der Waals surface area contributed by atoms with Crippen molar-refractivity contribution < 1.29 is 14.3 Å². The fourth-order valence-corrected chi connectivity index (χ4v) is 5.90. The van der Waals surface area contributed by atoms with Crippen LogP contribution in [-0.2, 0) is 24.3 Å². The molecule has 2 aliphatic rings. The number of nitrogens with zero attached hydrogens (tertiary/aromatic N) is 5. The van der Waals surface area contributed by atoms with E-state index in [2.05, 4.69) is 51.4 Å². The maximum Gasteiger partial charge on any atom is 0.244 e. The summed E-state index contributed by atoms with van der Waals surface area (Å²) >= 11 is 0. The van der Waals surface area contributed by atoms with Gasteiger partial charge in [-0.1, -0.05) is 36.8 Å². The molecule has 1 saturated heterocycles. The van der Waals surface area contributed by atoms with Gasteiger partial charge >= 0.3 is 0 Å². The Morgan fingerprint density at radius 1 is 1.03 bits per heavy atom. The third kappa shape index (κ3) is 6.72. The third-order valence-corrected chi connectivity index (χ3v) is 8.11. The number of aromatic nitrogens is 3. The molecule has 2 aromatic carbocycles. The molecule has 2 aliphatic heterocycles. The second kappa shape index (κ2) is 12.4. The van der Waals surface area contributed by atoms with E-state index in [1.165, 1.54) is 30.3 Å². The van der Waals surface area contributed by atoms with Crippen LogP contribution >= 0.6 is 0 Å². The normalized spacial score (nSPS) is 18.6. The van der Waals surface area contributed by atoms with Crippen molar-refractivity contribution in [3.63, 3.8) is 0 Å². The number of likely N-dealkylation sites (tertiary alicyclic amines) is 1. The first kappa shape index (κ1) is 26.2. The highest BCUT2D eigenvalue weighted by molar-refractivity contribution is 5.76. The van der Waals surface area contributed by atoms with E-state index in [0.717, 1.165) is 69.9 Å². The van der Waals surface area contributed by atoms with E-state index in [1.54, 1.807) is 18.1 Å². The van der Waals surface area contributed by atoms with Crippen LogP contribution in [0.15, 0.2) is 61.2 Å². The Balaban J connectivity index is 1.30. The van der Waals surface area contributed by atoms with Crippen molar-refractivity contribution in [2.24, 2.45) is 5.41 Å². The molecular weight excluding hydrogens is 478 g/mol. The van der Waals surface area contributed by atoms with Crippen LogP contribution in [0.3, 0.4) is 0 Å². The van der Waals surface area contributed by atoms with Gasteiger partial charge in [0.25, 0.3) is 0 Å². The number of hydrogen-bond donors (Lipinski definition) is 0. The molecule has 0 atom stereocenters. The number of amides is 1. The molecule has 202 valence electrons. The van der Waals surface area contributed by atoms with Crippen molar-refractivity contribution in [1.82, 2.24) is 24.6 Å². The summed E-state index contributed by atoms with van der Waals surface area (Å²) in [4.78, 5) is 21.4. The molecule has 0 radical (unpaired) electrons. The summed E-state index contributed by atoms with van der Waals surface area (Å²) in [5.41, 5.74) is 2.76. The van der Waals surface area contributed by atoms with Crippen LogP contribution in [0, 0.1) is 5.41 Å².